The van der Waals surface area contributed by atoms with Gasteiger partial charge < -0.3 is 34.4 Å². The molecule has 1 aliphatic carbocycles. The molecule has 1 aromatic heterocycles. The summed E-state index contributed by atoms with van der Waals surface area (Å²) < 4.78 is 46.0. The Morgan fingerprint density at radius 2 is 1.67 bits per heavy atom. The molecule has 1 saturated carbocycles. The highest BCUT2D eigenvalue weighted by atomic mass is 19.1. The van der Waals surface area contributed by atoms with E-state index in [1.807, 2.05) is 0 Å². The summed E-state index contributed by atoms with van der Waals surface area (Å²) in [6, 6.07) is 2.43. The fraction of sp³-hybridized carbons (Fsp3) is 0.517. The monoisotopic (exact) mass is 635 g/mol. The van der Waals surface area contributed by atoms with Crippen molar-refractivity contribution in [2.45, 2.75) is 57.6 Å². The number of aromatic nitrogens is 2. The van der Waals surface area contributed by atoms with Crippen LogP contribution < -0.4 is 10.1 Å². The van der Waals surface area contributed by atoms with Gasteiger partial charge in [0.1, 0.15) is 23.4 Å². The zero-order chi connectivity index (χ0) is 32.7. The Bertz CT molecular complexity index is 1440. The van der Waals surface area contributed by atoms with Crippen LogP contribution in [0.25, 0.3) is 5.69 Å². The fourth-order valence-electron chi connectivity index (χ4n) is 4.98. The number of carboxylic acid groups (broad SMARTS) is 1. The van der Waals surface area contributed by atoms with Crippen LogP contribution in [0.4, 0.5) is 13.6 Å². The van der Waals surface area contributed by atoms with Crippen LogP contribution >= 0.6 is 0 Å². The van der Waals surface area contributed by atoms with E-state index in [2.05, 4.69) is 10.4 Å². The van der Waals surface area contributed by atoms with Crippen LogP contribution in [0.3, 0.4) is 0 Å². The molecule has 0 bridgehead atoms. The van der Waals surface area contributed by atoms with Gasteiger partial charge in [-0.05, 0) is 51.7 Å². The van der Waals surface area contributed by atoms with Crippen LogP contribution in [-0.2, 0) is 23.9 Å². The molecule has 45 heavy (non-hydrogen) atoms. The minimum Gasteiger partial charge on any atom is -0.481 e. The van der Waals surface area contributed by atoms with Gasteiger partial charge in [0.15, 0.2) is 5.69 Å². The SMILES string of the molecule is CCOC(=O)N1CCN(C(=O)C(CCC(=O)O)NC(=O)c2cc(OC3(C(=O)OCC)CCC3)n(-c3cc(F)ccc3F)n2)CC1. The minimum absolute atomic E-state index is 0.0824. The number of hydrogen-bond acceptors (Lipinski definition) is 9. The number of nitrogens with one attached hydrogen (secondary N) is 1. The Hall–Kier alpha value is -4.76. The molecule has 1 saturated heterocycles. The van der Waals surface area contributed by atoms with Crippen LogP contribution in [0.2, 0.25) is 0 Å². The van der Waals surface area contributed by atoms with Crippen LogP contribution in [0.1, 0.15) is 56.4 Å². The quantitative estimate of drug-likeness (QED) is 0.330. The maximum Gasteiger partial charge on any atom is 0.409 e. The standard InChI is InChI=1S/C29H35F2N5O9/c1-3-43-27(41)29(10-5-11-29)45-23-17-21(33-36(23)22-16-18(30)6-7-19(22)31)25(39)32-20(8-9-24(37)38)26(40)34-12-14-35(15-13-34)28(42)44-4-2/h6-7,16-17,20H,3-5,8-15H2,1-2H3,(H,32,39)(H,37,38). The lowest BCUT2D eigenvalue weighted by molar-refractivity contribution is -0.170. The molecule has 14 nitrogen and oxygen atoms in total. The van der Waals surface area contributed by atoms with Crippen molar-refractivity contribution in [2.24, 2.45) is 0 Å². The molecule has 1 atom stereocenters. The Labute approximate surface area is 257 Å². The number of aliphatic carboxylic acids is 1. The molecule has 2 aromatic rings. The van der Waals surface area contributed by atoms with Crippen molar-refractivity contribution >= 4 is 29.8 Å². The van der Waals surface area contributed by atoms with Gasteiger partial charge in [-0.15, -0.1) is 0 Å². The highest BCUT2D eigenvalue weighted by Crippen LogP contribution is 2.39. The van der Waals surface area contributed by atoms with E-state index in [9.17, 15) is 37.9 Å². The largest absolute Gasteiger partial charge is 0.481 e. The van der Waals surface area contributed by atoms with E-state index in [0.717, 1.165) is 28.9 Å². The molecule has 2 N–H and O–H groups in total. The Morgan fingerprint density at radius 1 is 1.00 bits per heavy atom. The van der Waals surface area contributed by atoms with Gasteiger partial charge in [-0.25, -0.2) is 18.4 Å². The van der Waals surface area contributed by atoms with E-state index in [1.54, 1.807) is 13.8 Å². The van der Waals surface area contributed by atoms with Gasteiger partial charge in [-0.2, -0.15) is 9.78 Å². The van der Waals surface area contributed by atoms with Crippen LogP contribution in [0.15, 0.2) is 24.3 Å². The molecule has 2 heterocycles. The first kappa shape index (κ1) is 33.1. The second kappa shape index (κ2) is 14.3. The third kappa shape index (κ3) is 7.67. The van der Waals surface area contributed by atoms with E-state index in [4.69, 9.17) is 14.2 Å². The van der Waals surface area contributed by atoms with Crippen molar-refractivity contribution in [2.75, 3.05) is 39.4 Å². The van der Waals surface area contributed by atoms with Crippen molar-refractivity contribution in [3.8, 4) is 11.6 Å². The second-order valence-electron chi connectivity index (χ2n) is 10.5. The molecule has 2 aliphatic rings. The van der Waals surface area contributed by atoms with E-state index in [-0.39, 0.29) is 70.2 Å². The zero-order valence-corrected chi connectivity index (χ0v) is 24.9. The second-order valence-corrected chi connectivity index (χ2v) is 10.5. The van der Waals surface area contributed by atoms with Gasteiger partial charge in [-0.3, -0.25) is 14.4 Å². The van der Waals surface area contributed by atoms with Crippen molar-refractivity contribution in [1.29, 1.82) is 0 Å². The van der Waals surface area contributed by atoms with Crippen molar-refractivity contribution in [1.82, 2.24) is 24.9 Å². The number of esters is 1. The minimum atomic E-state index is -1.42. The number of amides is 3. The number of carboxylic acids is 1. The van der Waals surface area contributed by atoms with Gasteiger partial charge in [-0.1, -0.05) is 0 Å². The summed E-state index contributed by atoms with van der Waals surface area (Å²) in [7, 11) is 0. The Kier molecular flexibility index (Phi) is 10.6. The van der Waals surface area contributed by atoms with E-state index in [0.29, 0.717) is 6.42 Å². The van der Waals surface area contributed by atoms with Crippen LogP contribution in [-0.4, -0.2) is 106 Å². The molecule has 244 valence electrons. The number of hydrogen-bond donors (Lipinski definition) is 2. The molecule has 2 fully saturated rings. The normalized spacial score (nSPS) is 16.3. The Morgan fingerprint density at radius 3 is 2.27 bits per heavy atom. The number of halogens is 2. The van der Waals surface area contributed by atoms with Gasteiger partial charge >= 0.3 is 18.0 Å². The summed E-state index contributed by atoms with van der Waals surface area (Å²) in [5.74, 6) is -5.30. The van der Waals surface area contributed by atoms with Crippen molar-refractivity contribution < 1.29 is 52.1 Å². The average molecular weight is 636 g/mol. The van der Waals surface area contributed by atoms with E-state index >= 15 is 0 Å². The number of carbonyl (C=O) groups is 5. The summed E-state index contributed by atoms with van der Waals surface area (Å²) in [6.45, 7) is 4.18. The first-order valence-corrected chi connectivity index (χ1v) is 14.6. The van der Waals surface area contributed by atoms with Crippen molar-refractivity contribution in [3.05, 3.63) is 41.6 Å². The molecule has 1 aromatic carbocycles. The average Bonchev–Trinajstić information content (AvgIpc) is 3.41. The summed E-state index contributed by atoms with van der Waals surface area (Å²) in [5.41, 5.74) is -2.19. The van der Waals surface area contributed by atoms with E-state index in [1.165, 1.54) is 9.80 Å². The van der Waals surface area contributed by atoms with Gasteiger partial charge in [0.05, 0.1) is 13.2 Å². The number of benzene rings is 1. The first-order chi connectivity index (χ1) is 21.5. The van der Waals surface area contributed by atoms with Crippen molar-refractivity contribution in [3.63, 3.8) is 0 Å². The lowest BCUT2D eigenvalue weighted by Crippen LogP contribution is -2.56. The predicted octanol–water partition coefficient (Wildman–Crippen LogP) is 2.28. The first-order valence-electron chi connectivity index (χ1n) is 14.6. The Balaban J connectivity index is 1.59. The maximum atomic E-state index is 14.9. The molecule has 0 radical (unpaired) electrons. The van der Waals surface area contributed by atoms with E-state index < -0.39 is 65.2 Å². The summed E-state index contributed by atoms with van der Waals surface area (Å²) >= 11 is 0. The van der Waals surface area contributed by atoms with Gasteiger partial charge in [0.2, 0.25) is 17.4 Å². The topological polar surface area (TPSA) is 170 Å². The fourth-order valence-corrected chi connectivity index (χ4v) is 4.98. The molecule has 16 heteroatoms. The van der Waals surface area contributed by atoms with Gasteiger partial charge in [0.25, 0.3) is 5.91 Å². The highest BCUT2D eigenvalue weighted by molar-refractivity contribution is 5.96. The summed E-state index contributed by atoms with van der Waals surface area (Å²) in [5, 5.41) is 15.9. The van der Waals surface area contributed by atoms with Gasteiger partial charge in [0, 0.05) is 44.7 Å². The lowest BCUT2D eigenvalue weighted by Gasteiger charge is -2.38. The lowest BCUT2D eigenvalue weighted by atomic mass is 9.80. The molecule has 3 amide bonds. The smallest absolute Gasteiger partial charge is 0.409 e. The number of piperazine rings is 1. The predicted molar refractivity (Wildman–Crippen MR) is 151 cm³/mol. The molecule has 1 unspecified atom stereocenters. The molecular formula is C29H35F2N5O9. The molecule has 4 rings (SSSR count). The molecule has 1 aliphatic heterocycles. The number of ether oxygens (including phenoxy) is 3. The number of carbonyl (C=O) groups excluding carboxylic acids is 4. The third-order valence-electron chi connectivity index (χ3n) is 7.52. The highest BCUT2D eigenvalue weighted by Gasteiger charge is 2.49. The summed E-state index contributed by atoms with van der Waals surface area (Å²) in [4.78, 5) is 65.8. The summed E-state index contributed by atoms with van der Waals surface area (Å²) in [6.07, 6.45) is -0.0319. The molecule has 0 spiro atoms. The molecular weight excluding hydrogens is 600 g/mol. The zero-order valence-electron chi connectivity index (χ0n) is 24.9. The maximum absolute atomic E-state index is 14.9. The van der Waals surface area contributed by atoms with Crippen LogP contribution in [0, 0.1) is 11.6 Å². The third-order valence-corrected chi connectivity index (χ3v) is 7.52. The van der Waals surface area contributed by atoms with Crippen LogP contribution in [0.5, 0.6) is 5.88 Å². The number of rotatable bonds is 12. The number of nitrogens with zero attached hydrogens (tertiary/aromatic N) is 4.